The molecule has 13 heavy (non-hydrogen) atoms. The summed E-state index contributed by atoms with van der Waals surface area (Å²) in [5, 5.41) is 35.6. The molecule has 0 heterocycles. The molecule has 0 aliphatic rings. The van der Waals surface area contributed by atoms with Gasteiger partial charge >= 0.3 is 0 Å². The van der Waals surface area contributed by atoms with Gasteiger partial charge < -0.3 is 25.2 Å². The van der Waals surface area contributed by atoms with Crippen LogP contribution in [0.4, 0.5) is 0 Å². The fourth-order valence-corrected chi connectivity index (χ4v) is 0.785. The summed E-state index contributed by atoms with van der Waals surface area (Å²) in [6.07, 6.45) is -3.29. The summed E-state index contributed by atoms with van der Waals surface area (Å²) in [5.74, 6) is 0. The Balaban J connectivity index is 3.97. The lowest BCUT2D eigenvalue weighted by molar-refractivity contribution is -0.178. The van der Waals surface area contributed by atoms with Crippen molar-refractivity contribution >= 4 is 15.9 Å². The van der Waals surface area contributed by atoms with Crippen molar-refractivity contribution in [3.05, 3.63) is 0 Å². The predicted molar refractivity (Wildman–Crippen MR) is 49.4 cm³/mol. The van der Waals surface area contributed by atoms with Crippen LogP contribution in [-0.2, 0) is 4.74 Å². The van der Waals surface area contributed by atoms with Gasteiger partial charge in [-0.1, -0.05) is 15.9 Å². The molecule has 4 atom stereocenters. The quantitative estimate of drug-likeness (QED) is 0.356. The molecule has 0 aromatic heterocycles. The van der Waals surface area contributed by atoms with Gasteiger partial charge in [-0.25, -0.2) is 0 Å². The average Bonchev–Trinajstić information content (AvgIpc) is 2.12. The molecule has 0 aromatic rings. The standard InChI is InChI=1S/C7H15BrO5/c1-4(8)7(12)13-6(3-10)5(11)2-9/h4-7,9-12H,2-3H2,1H3/t4?,5-,6?,7?/m0/s1. The zero-order valence-corrected chi connectivity index (χ0v) is 8.88. The van der Waals surface area contributed by atoms with Crippen molar-refractivity contribution in [3.63, 3.8) is 0 Å². The minimum atomic E-state index is -1.19. The predicted octanol–water partition coefficient (Wildman–Crippen LogP) is -1.18. The van der Waals surface area contributed by atoms with Crippen molar-refractivity contribution in [2.75, 3.05) is 13.2 Å². The van der Waals surface area contributed by atoms with Crippen LogP contribution in [0.3, 0.4) is 0 Å². The number of aliphatic hydroxyl groups excluding tert-OH is 4. The first-order chi connectivity index (χ1) is 6.02. The Morgan fingerprint density at radius 1 is 1.23 bits per heavy atom. The highest BCUT2D eigenvalue weighted by molar-refractivity contribution is 9.09. The maximum absolute atomic E-state index is 9.20. The summed E-state index contributed by atoms with van der Waals surface area (Å²) in [6, 6.07) is 0. The maximum atomic E-state index is 9.20. The van der Waals surface area contributed by atoms with Gasteiger partial charge in [0.25, 0.3) is 0 Å². The van der Waals surface area contributed by atoms with Crippen LogP contribution in [0.25, 0.3) is 0 Å². The molecule has 0 aliphatic carbocycles. The van der Waals surface area contributed by atoms with E-state index in [1.54, 1.807) is 6.92 Å². The highest BCUT2D eigenvalue weighted by Gasteiger charge is 2.23. The minimum absolute atomic E-state index is 0.313. The molecular formula is C7H15BrO5. The zero-order valence-electron chi connectivity index (χ0n) is 7.30. The summed E-state index contributed by atoms with van der Waals surface area (Å²) >= 11 is 3.07. The maximum Gasteiger partial charge on any atom is 0.167 e. The van der Waals surface area contributed by atoms with Gasteiger partial charge in [0.05, 0.1) is 18.0 Å². The topological polar surface area (TPSA) is 90.2 Å². The molecule has 0 aliphatic heterocycles. The lowest BCUT2D eigenvalue weighted by atomic mass is 10.2. The highest BCUT2D eigenvalue weighted by atomic mass is 79.9. The number of ether oxygens (including phenoxy) is 1. The normalized spacial score (nSPS) is 20.8. The third-order valence-corrected chi connectivity index (χ3v) is 1.96. The van der Waals surface area contributed by atoms with Gasteiger partial charge in [0.15, 0.2) is 6.29 Å². The number of aliphatic hydroxyl groups is 4. The van der Waals surface area contributed by atoms with Crippen LogP contribution in [0.15, 0.2) is 0 Å². The fourth-order valence-electron chi connectivity index (χ4n) is 0.660. The van der Waals surface area contributed by atoms with E-state index in [0.717, 1.165) is 0 Å². The van der Waals surface area contributed by atoms with E-state index in [0.29, 0.717) is 0 Å². The van der Waals surface area contributed by atoms with Gasteiger partial charge in [-0.2, -0.15) is 0 Å². The summed E-state index contributed by atoms with van der Waals surface area (Å²) in [6.45, 7) is 0.678. The molecule has 0 amide bonds. The second-order valence-electron chi connectivity index (χ2n) is 2.68. The van der Waals surface area contributed by atoms with Gasteiger partial charge in [0, 0.05) is 0 Å². The molecule has 0 spiro atoms. The Bertz CT molecular complexity index is 132. The smallest absolute Gasteiger partial charge is 0.167 e. The van der Waals surface area contributed by atoms with Crippen molar-refractivity contribution < 1.29 is 25.2 Å². The molecule has 6 heteroatoms. The Kier molecular flexibility index (Phi) is 6.84. The van der Waals surface area contributed by atoms with E-state index in [2.05, 4.69) is 15.9 Å². The number of hydrogen-bond acceptors (Lipinski definition) is 5. The van der Waals surface area contributed by atoms with Crippen molar-refractivity contribution in [1.29, 1.82) is 0 Å². The first-order valence-electron chi connectivity index (χ1n) is 3.90. The molecule has 0 saturated carbocycles. The minimum Gasteiger partial charge on any atom is -0.394 e. The van der Waals surface area contributed by atoms with Gasteiger partial charge in [0.2, 0.25) is 0 Å². The third kappa shape index (κ3) is 4.90. The Labute approximate surface area is 85.1 Å². The van der Waals surface area contributed by atoms with Crippen LogP contribution < -0.4 is 0 Å². The molecular weight excluding hydrogens is 244 g/mol. The summed E-state index contributed by atoms with van der Waals surface area (Å²) in [4.78, 5) is -0.313. The van der Waals surface area contributed by atoms with Crippen molar-refractivity contribution in [2.24, 2.45) is 0 Å². The van der Waals surface area contributed by atoms with Gasteiger partial charge in [-0.3, -0.25) is 0 Å². The average molecular weight is 259 g/mol. The molecule has 5 nitrogen and oxygen atoms in total. The first kappa shape index (κ1) is 13.3. The molecule has 0 bridgehead atoms. The van der Waals surface area contributed by atoms with Crippen LogP contribution in [0.5, 0.6) is 0 Å². The lowest BCUT2D eigenvalue weighted by Crippen LogP contribution is -2.40. The zero-order chi connectivity index (χ0) is 10.4. The van der Waals surface area contributed by atoms with E-state index >= 15 is 0 Å². The lowest BCUT2D eigenvalue weighted by Gasteiger charge is -2.24. The molecule has 0 rings (SSSR count). The molecule has 0 radical (unpaired) electrons. The molecule has 0 aromatic carbocycles. The Morgan fingerprint density at radius 3 is 2.08 bits per heavy atom. The molecule has 0 fully saturated rings. The van der Waals surface area contributed by atoms with Crippen molar-refractivity contribution in [3.8, 4) is 0 Å². The molecule has 4 N–H and O–H groups in total. The van der Waals surface area contributed by atoms with Crippen LogP contribution in [0.1, 0.15) is 6.92 Å². The number of alkyl halides is 1. The second-order valence-corrected chi connectivity index (χ2v) is 4.12. The van der Waals surface area contributed by atoms with E-state index in [1.807, 2.05) is 0 Å². The van der Waals surface area contributed by atoms with Gasteiger partial charge in [-0.15, -0.1) is 0 Å². The second kappa shape index (κ2) is 6.69. The SMILES string of the molecule is CC(Br)C(O)OC(CO)[C@@H](O)CO. The Hall–Kier alpha value is 0.280. The van der Waals surface area contributed by atoms with E-state index in [9.17, 15) is 5.11 Å². The van der Waals surface area contributed by atoms with E-state index in [1.165, 1.54) is 0 Å². The largest absolute Gasteiger partial charge is 0.394 e. The van der Waals surface area contributed by atoms with Crippen LogP contribution in [0, 0.1) is 0 Å². The van der Waals surface area contributed by atoms with Crippen LogP contribution in [-0.4, -0.2) is 57.0 Å². The Morgan fingerprint density at radius 2 is 1.77 bits per heavy atom. The van der Waals surface area contributed by atoms with Crippen LogP contribution in [0.2, 0.25) is 0 Å². The monoisotopic (exact) mass is 258 g/mol. The number of rotatable bonds is 6. The summed E-state index contributed by atoms with van der Waals surface area (Å²) < 4.78 is 4.86. The van der Waals surface area contributed by atoms with Crippen molar-refractivity contribution in [2.45, 2.75) is 30.2 Å². The van der Waals surface area contributed by atoms with E-state index in [4.69, 9.17) is 20.1 Å². The van der Waals surface area contributed by atoms with E-state index < -0.39 is 31.7 Å². The first-order valence-corrected chi connectivity index (χ1v) is 4.81. The third-order valence-electron chi connectivity index (χ3n) is 1.50. The van der Waals surface area contributed by atoms with Crippen molar-refractivity contribution in [1.82, 2.24) is 0 Å². The fraction of sp³-hybridized carbons (Fsp3) is 1.00. The number of halogens is 1. The molecule has 80 valence electrons. The highest BCUT2D eigenvalue weighted by Crippen LogP contribution is 2.10. The van der Waals surface area contributed by atoms with Gasteiger partial charge in [0.1, 0.15) is 12.2 Å². The van der Waals surface area contributed by atoms with Crippen LogP contribution >= 0.6 is 15.9 Å². The summed E-state index contributed by atoms with van der Waals surface area (Å²) in [7, 11) is 0. The van der Waals surface area contributed by atoms with Gasteiger partial charge in [-0.05, 0) is 6.92 Å². The molecule has 0 saturated heterocycles. The summed E-state index contributed by atoms with van der Waals surface area (Å²) in [5.41, 5.74) is 0. The number of hydrogen-bond donors (Lipinski definition) is 4. The molecule has 3 unspecified atom stereocenters. The van der Waals surface area contributed by atoms with E-state index in [-0.39, 0.29) is 4.83 Å².